The van der Waals surface area contributed by atoms with Crippen LogP contribution < -0.4 is 25.2 Å². The normalized spacial score (nSPS) is 13.6. The van der Waals surface area contributed by atoms with Gasteiger partial charge in [-0.15, -0.1) is 0 Å². The van der Waals surface area contributed by atoms with Crippen molar-refractivity contribution >= 4 is 46.4 Å². The molecule has 0 aliphatic carbocycles. The molecule has 3 aromatic rings. The monoisotopic (exact) mass is 468 g/mol. The van der Waals surface area contributed by atoms with E-state index in [1.165, 1.54) is 5.69 Å². The zero-order valence-corrected chi connectivity index (χ0v) is 19.4. The highest BCUT2D eigenvalue weighted by Crippen LogP contribution is 2.23. The number of ether oxygens (including phenoxy) is 1. The Bertz CT molecular complexity index is 1060. The van der Waals surface area contributed by atoms with Crippen molar-refractivity contribution in [3.63, 3.8) is 0 Å². The van der Waals surface area contributed by atoms with Crippen LogP contribution in [0.3, 0.4) is 0 Å². The quantitative estimate of drug-likeness (QED) is 0.527. The molecule has 2 N–H and O–H groups in total. The molecule has 166 valence electrons. The number of hydrogen-bond donors (Lipinski definition) is 2. The molecule has 1 aliphatic rings. The Morgan fingerprint density at radius 3 is 2.41 bits per heavy atom. The van der Waals surface area contributed by atoms with E-state index in [-0.39, 0.29) is 0 Å². The molecule has 1 aromatic heterocycles. The summed E-state index contributed by atoms with van der Waals surface area (Å²) < 4.78 is 5.39. The van der Waals surface area contributed by atoms with Gasteiger partial charge in [0.25, 0.3) is 0 Å². The lowest BCUT2D eigenvalue weighted by molar-refractivity contribution is 0.397. The third-order valence-corrected chi connectivity index (χ3v) is 5.86. The SMILES string of the molecule is COc1cc(N2CCN(c3ccccc3)CC2)nc(NC(=S)NCc2ccccc2Cl)n1. The Hall–Kier alpha value is -3.10. The molecule has 32 heavy (non-hydrogen) atoms. The molecule has 0 bridgehead atoms. The van der Waals surface area contributed by atoms with E-state index in [0.29, 0.717) is 28.5 Å². The van der Waals surface area contributed by atoms with E-state index in [1.807, 2.05) is 36.4 Å². The average Bonchev–Trinajstić information content (AvgIpc) is 2.84. The number of thiocarbonyl (C=S) groups is 1. The van der Waals surface area contributed by atoms with Crippen LogP contribution in [0.4, 0.5) is 17.5 Å². The standard InChI is InChI=1S/C23H25ClN6OS/c1-31-21-15-20(30-13-11-29(12-14-30)18-8-3-2-4-9-18)26-22(27-21)28-23(32)25-16-17-7-5-6-10-19(17)24/h2-10,15H,11-14,16H2,1H3,(H2,25,26,27,28,32). The summed E-state index contributed by atoms with van der Waals surface area (Å²) in [5.74, 6) is 1.68. The van der Waals surface area contributed by atoms with Gasteiger partial charge in [-0.05, 0) is 36.0 Å². The molecule has 1 fully saturated rings. The van der Waals surface area contributed by atoms with E-state index in [2.05, 4.69) is 54.7 Å². The molecule has 0 spiro atoms. The third-order valence-electron chi connectivity index (χ3n) is 5.25. The van der Waals surface area contributed by atoms with Gasteiger partial charge in [-0.3, -0.25) is 0 Å². The van der Waals surface area contributed by atoms with Gasteiger partial charge in [-0.25, -0.2) is 0 Å². The van der Waals surface area contributed by atoms with Crippen molar-refractivity contribution in [1.82, 2.24) is 15.3 Å². The second-order valence-electron chi connectivity index (χ2n) is 7.30. The van der Waals surface area contributed by atoms with Gasteiger partial charge in [-0.1, -0.05) is 48.0 Å². The Labute approximate surface area is 198 Å². The van der Waals surface area contributed by atoms with Gasteiger partial charge < -0.3 is 25.2 Å². The molecule has 0 radical (unpaired) electrons. The highest BCUT2D eigenvalue weighted by molar-refractivity contribution is 7.80. The fraction of sp³-hybridized carbons (Fsp3) is 0.261. The third kappa shape index (κ3) is 5.57. The molecule has 2 aromatic carbocycles. The summed E-state index contributed by atoms with van der Waals surface area (Å²) in [7, 11) is 1.59. The number of halogens is 1. The Morgan fingerprint density at radius 2 is 1.69 bits per heavy atom. The van der Waals surface area contributed by atoms with Crippen molar-refractivity contribution in [2.45, 2.75) is 6.54 Å². The highest BCUT2D eigenvalue weighted by Gasteiger charge is 2.20. The van der Waals surface area contributed by atoms with Crippen LogP contribution in [0, 0.1) is 0 Å². The predicted octanol–water partition coefficient (Wildman–Crippen LogP) is 3.95. The number of benzene rings is 2. The minimum atomic E-state index is 0.390. The van der Waals surface area contributed by atoms with E-state index in [9.17, 15) is 0 Å². The number of nitrogens with one attached hydrogen (secondary N) is 2. The Kier molecular flexibility index (Phi) is 7.24. The van der Waals surface area contributed by atoms with Gasteiger partial charge in [0, 0.05) is 49.5 Å². The van der Waals surface area contributed by atoms with Crippen molar-refractivity contribution in [2.75, 3.05) is 48.4 Å². The molecule has 1 aliphatic heterocycles. The first-order chi connectivity index (χ1) is 15.6. The number of piperazine rings is 1. The van der Waals surface area contributed by atoms with Crippen LogP contribution >= 0.6 is 23.8 Å². The summed E-state index contributed by atoms with van der Waals surface area (Å²) in [5.41, 5.74) is 2.20. The molecule has 1 saturated heterocycles. The summed E-state index contributed by atoms with van der Waals surface area (Å²) in [6.07, 6.45) is 0. The number of hydrogen-bond acceptors (Lipinski definition) is 6. The van der Waals surface area contributed by atoms with Gasteiger partial charge in [0.15, 0.2) is 5.11 Å². The van der Waals surface area contributed by atoms with Crippen LogP contribution in [0.2, 0.25) is 5.02 Å². The van der Waals surface area contributed by atoms with Crippen molar-refractivity contribution in [1.29, 1.82) is 0 Å². The van der Waals surface area contributed by atoms with Crippen LogP contribution in [-0.4, -0.2) is 48.4 Å². The van der Waals surface area contributed by atoms with Crippen LogP contribution in [0.25, 0.3) is 0 Å². The maximum atomic E-state index is 6.21. The molecule has 0 amide bonds. The number of methoxy groups -OCH3 is 1. The van der Waals surface area contributed by atoms with Crippen LogP contribution in [0.5, 0.6) is 5.88 Å². The molecule has 0 atom stereocenters. The minimum Gasteiger partial charge on any atom is -0.481 e. The first kappa shape index (κ1) is 22.1. The van der Waals surface area contributed by atoms with Crippen molar-refractivity contribution in [3.8, 4) is 5.88 Å². The van der Waals surface area contributed by atoms with E-state index < -0.39 is 0 Å². The number of nitrogens with zero attached hydrogens (tertiary/aromatic N) is 4. The average molecular weight is 469 g/mol. The first-order valence-electron chi connectivity index (χ1n) is 10.4. The van der Waals surface area contributed by atoms with E-state index in [1.54, 1.807) is 7.11 Å². The lowest BCUT2D eigenvalue weighted by Crippen LogP contribution is -2.46. The summed E-state index contributed by atoms with van der Waals surface area (Å²) in [5, 5.41) is 7.31. The van der Waals surface area contributed by atoms with E-state index in [0.717, 1.165) is 37.6 Å². The number of anilines is 3. The molecular formula is C23H25ClN6OS. The van der Waals surface area contributed by atoms with Crippen LogP contribution in [0.1, 0.15) is 5.56 Å². The fourth-order valence-electron chi connectivity index (χ4n) is 3.53. The summed E-state index contributed by atoms with van der Waals surface area (Å²) in [6.45, 7) is 4.03. The molecule has 0 saturated carbocycles. The maximum Gasteiger partial charge on any atom is 0.234 e. The van der Waals surface area contributed by atoms with Gasteiger partial charge in [0.2, 0.25) is 11.8 Å². The largest absolute Gasteiger partial charge is 0.481 e. The van der Waals surface area contributed by atoms with E-state index in [4.69, 9.17) is 28.6 Å². The smallest absolute Gasteiger partial charge is 0.234 e. The number of aromatic nitrogens is 2. The number of rotatable bonds is 6. The second kappa shape index (κ2) is 10.5. The fourth-order valence-corrected chi connectivity index (χ4v) is 3.90. The predicted molar refractivity (Wildman–Crippen MR) is 134 cm³/mol. The molecule has 0 unspecified atom stereocenters. The summed E-state index contributed by atoms with van der Waals surface area (Å²) in [4.78, 5) is 13.7. The minimum absolute atomic E-state index is 0.390. The lowest BCUT2D eigenvalue weighted by Gasteiger charge is -2.36. The van der Waals surface area contributed by atoms with Gasteiger partial charge in [0.1, 0.15) is 5.82 Å². The molecule has 2 heterocycles. The lowest BCUT2D eigenvalue weighted by atomic mass is 10.2. The molecular weight excluding hydrogens is 444 g/mol. The molecule has 9 heteroatoms. The van der Waals surface area contributed by atoms with Gasteiger partial charge in [0.05, 0.1) is 7.11 Å². The van der Waals surface area contributed by atoms with E-state index >= 15 is 0 Å². The Balaban J connectivity index is 1.39. The van der Waals surface area contributed by atoms with Crippen LogP contribution in [0.15, 0.2) is 60.7 Å². The first-order valence-corrected chi connectivity index (χ1v) is 11.2. The zero-order chi connectivity index (χ0) is 22.3. The summed E-state index contributed by atoms with van der Waals surface area (Å²) in [6, 6.07) is 19.9. The van der Waals surface area contributed by atoms with Crippen LogP contribution in [-0.2, 0) is 6.54 Å². The topological polar surface area (TPSA) is 65.6 Å². The van der Waals surface area contributed by atoms with Gasteiger partial charge in [-0.2, -0.15) is 9.97 Å². The van der Waals surface area contributed by atoms with Crippen molar-refractivity contribution in [2.24, 2.45) is 0 Å². The second-order valence-corrected chi connectivity index (χ2v) is 8.12. The highest BCUT2D eigenvalue weighted by atomic mass is 35.5. The van der Waals surface area contributed by atoms with Gasteiger partial charge >= 0.3 is 0 Å². The Morgan fingerprint density at radius 1 is 1.00 bits per heavy atom. The number of para-hydroxylation sites is 1. The zero-order valence-electron chi connectivity index (χ0n) is 17.8. The summed E-state index contributed by atoms with van der Waals surface area (Å²) >= 11 is 11.6. The molecule has 4 rings (SSSR count). The van der Waals surface area contributed by atoms with Crippen molar-refractivity contribution < 1.29 is 4.74 Å². The molecule has 7 nitrogen and oxygen atoms in total. The maximum absolute atomic E-state index is 6.21. The van der Waals surface area contributed by atoms with Crippen molar-refractivity contribution in [3.05, 3.63) is 71.2 Å².